The Hall–Kier alpha value is -3.49. The number of amides is 2. The first-order chi connectivity index (χ1) is 17.0. The topological polar surface area (TPSA) is 91.4 Å². The number of hydrogen-bond donors (Lipinski definition) is 0. The molecule has 1 saturated heterocycles. The van der Waals surface area contributed by atoms with Crippen LogP contribution in [-0.2, 0) is 20.7 Å². The highest BCUT2D eigenvalue weighted by Crippen LogP contribution is 2.38. The maximum atomic E-state index is 13.8. The number of nitrogens with zero attached hydrogens (tertiary/aromatic N) is 4. The molecular weight excluding hydrogens is 468 g/mol. The molecule has 0 N–H and O–H groups in total. The molecule has 1 fully saturated rings. The minimum atomic E-state index is -0.503. The van der Waals surface area contributed by atoms with E-state index in [-0.39, 0.29) is 29.5 Å². The van der Waals surface area contributed by atoms with Crippen molar-refractivity contribution in [2.75, 3.05) is 13.2 Å². The Bertz CT molecular complexity index is 1310. The van der Waals surface area contributed by atoms with Crippen molar-refractivity contribution in [3.05, 3.63) is 71.1 Å². The Morgan fingerprint density at radius 1 is 1.17 bits per heavy atom. The summed E-state index contributed by atoms with van der Waals surface area (Å²) in [7, 11) is 0. The van der Waals surface area contributed by atoms with Crippen molar-refractivity contribution in [3.63, 3.8) is 0 Å². The number of hydrogen-bond acceptors (Lipinski definition) is 5. The zero-order valence-electron chi connectivity index (χ0n) is 19.3. The summed E-state index contributed by atoms with van der Waals surface area (Å²) < 4.78 is 8.54. The smallest absolute Gasteiger partial charge is 0.327 e. The number of pyridine rings is 1. The summed E-state index contributed by atoms with van der Waals surface area (Å²) in [6.45, 7) is 2.73. The Labute approximate surface area is 208 Å². The van der Waals surface area contributed by atoms with Gasteiger partial charge in [0.15, 0.2) is 12.4 Å². The molecule has 2 amide bonds. The van der Waals surface area contributed by atoms with Gasteiger partial charge in [-0.15, -0.1) is 0 Å². The number of rotatable bonds is 7. The van der Waals surface area contributed by atoms with E-state index in [1.165, 1.54) is 9.58 Å². The predicted octanol–water partition coefficient (Wildman–Crippen LogP) is 2.76. The second-order valence-corrected chi connectivity index (χ2v) is 9.07. The van der Waals surface area contributed by atoms with Crippen LogP contribution in [0.2, 0.25) is 5.02 Å². The van der Waals surface area contributed by atoms with Crippen LogP contribution in [0.15, 0.2) is 54.9 Å². The molecule has 180 valence electrons. The van der Waals surface area contributed by atoms with E-state index in [4.69, 9.17) is 16.3 Å². The molecule has 2 aliphatic rings. The highest BCUT2D eigenvalue weighted by atomic mass is 35.5. The van der Waals surface area contributed by atoms with Crippen LogP contribution >= 0.6 is 11.6 Å². The van der Waals surface area contributed by atoms with Crippen LogP contribution in [0, 0.1) is 0 Å². The van der Waals surface area contributed by atoms with Crippen LogP contribution < -0.4 is 9.67 Å². The molecule has 35 heavy (non-hydrogen) atoms. The lowest BCUT2D eigenvalue weighted by Crippen LogP contribution is -2.42. The second-order valence-electron chi connectivity index (χ2n) is 8.63. The minimum Gasteiger partial charge on any atom is -0.858 e. The van der Waals surface area contributed by atoms with Gasteiger partial charge in [-0.05, 0) is 43.3 Å². The van der Waals surface area contributed by atoms with Crippen molar-refractivity contribution >= 4 is 34.7 Å². The summed E-state index contributed by atoms with van der Waals surface area (Å²) in [6, 6.07) is 12.2. The van der Waals surface area contributed by atoms with Crippen LogP contribution in [0.1, 0.15) is 37.4 Å². The summed E-state index contributed by atoms with van der Waals surface area (Å²) in [6.07, 6.45) is 6.03. The number of carbonyl (C=O) groups is 2. The number of aromatic nitrogens is 3. The van der Waals surface area contributed by atoms with Gasteiger partial charge in [0.2, 0.25) is 0 Å². The van der Waals surface area contributed by atoms with Crippen LogP contribution in [0.5, 0.6) is 5.88 Å². The van der Waals surface area contributed by atoms with E-state index in [1.54, 1.807) is 53.4 Å². The van der Waals surface area contributed by atoms with Gasteiger partial charge in [0.1, 0.15) is 5.57 Å². The van der Waals surface area contributed by atoms with E-state index in [2.05, 4.69) is 5.10 Å². The summed E-state index contributed by atoms with van der Waals surface area (Å²) in [4.78, 5) is 28.6. The Balaban J connectivity index is 1.69. The molecule has 1 unspecified atom stereocenters. The molecule has 0 aliphatic carbocycles. The average Bonchev–Trinajstić information content (AvgIpc) is 3.54. The lowest BCUT2D eigenvalue weighted by atomic mass is 10.0. The van der Waals surface area contributed by atoms with E-state index >= 15 is 0 Å². The van der Waals surface area contributed by atoms with Crippen molar-refractivity contribution < 1.29 is 24.0 Å². The number of imide groups is 1. The van der Waals surface area contributed by atoms with Gasteiger partial charge >= 0.3 is 5.91 Å². The molecule has 4 heterocycles. The fraction of sp³-hybridized carbons (Fsp3) is 0.308. The predicted molar refractivity (Wildman–Crippen MR) is 127 cm³/mol. The zero-order chi connectivity index (χ0) is 24.5. The fourth-order valence-electron chi connectivity index (χ4n) is 4.62. The molecule has 0 bridgehead atoms. The van der Waals surface area contributed by atoms with Gasteiger partial charge in [0, 0.05) is 29.3 Å². The van der Waals surface area contributed by atoms with Gasteiger partial charge in [-0.25, -0.2) is 4.68 Å². The van der Waals surface area contributed by atoms with Crippen molar-refractivity contribution in [1.82, 2.24) is 14.7 Å². The molecule has 9 heteroatoms. The third-order valence-corrected chi connectivity index (χ3v) is 6.47. The molecule has 8 nitrogen and oxygen atoms in total. The number of benzene rings is 1. The minimum absolute atomic E-state index is 0.0749. The molecule has 2 aliphatic heterocycles. The van der Waals surface area contributed by atoms with Gasteiger partial charge in [-0.3, -0.25) is 14.5 Å². The van der Waals surface area contributed by atoms with Crippen LogP contribution in [0.3, 0.4) is 0 Å². The summed E-state index contributed by atoms with van der Waals surface area (Å²) >= 11 is 6.15. The summed E-state index contributed by atoms with van der Waals surface area (Å²) in [5, 5.41) is 18.8. The number of ether oxygens (including phenoxy) is 1. The van der Waals surface area contributed by atoms with Crippen LogP contribution in [-0.4, -0.2) is 45.8 Å². The third kappa shape index (κ3) is 4.24. The molecule has 1 aromatic carbocycles. The van der Waals surface area contributed by atoms with Crippen molar-refractivity contribution in [3.8, 4) is 11.6 Å². The lowest BCUT2D eigenvalue weighted by molar-refractivity contribution is -0.576. The summed E-state index contributed by atoms with van der Waals surface area (Å²) in [5.41, 5.74) is 1.35. The Morgan fingerprint density at radius 3 is 2.66 bits per heavy atom. The molecule has 3 aromatic rings. The highest BCUT2D eigenvalue weighted by molar-refractivity contribution is 6.45. The first-order valence-electron chi connectivity index (χ1n) is 11.7. The molecule has 0 saturated carbocycles. The monoisotopic (exact) mass is 492 g/mol. The lowest BCUT2D eigenvalue weighted by Gasteiger charge is -2.18. The number of aryl methyl sites for hydroxylation is 1. The first kappa shape index (κ1) is 23.3. The van der Waals surface area contributed by atoms with Crippen molar-refractivity contribution in [2.45, 2.75) is 38.7 Å². The molecule has 0 spiro atoms. The molecule has 1 atom stereocenters. The van der Waals surface area contributed by atoms with Gasteiger partial charge in [-0.1, -0.05) is 37.1 Å². The van der Waals surface area contributed by atoms with Crippen molar-refractivity contribution in [1.29, 1.82) is 0 Å². The van der Waals surface area contributed by atoms with E-state index in [0.29, 0.717) is 35.9 Å². The Kier molecular flexibility index (Phi) is 6.40. The Morgan fingerprint density at radius 2 is 1.97 bits per heavy atom. The molecule has 0 radical (unpaired) electrons. The zero-order valence-corrected chi connectivity index (χ0v) is 20.1. The first-order valence-corrected chi connectivity index (χ1v) is 12.1. The molecule has 5 rings (SSSR count). The van der Waals surface area contributed by atoms with E-state index in [0.717, 1.165) is 12.8 Å². The van der Waals surface area contributed by atoms with Gasteiger partial charge in [0.25, 0.3) is 11.6 Å². The van der Waals surface area contributed by atoms with E-state index < -0.39 is 17.7 Å². The maximum Gasteiger partial charge on any atom is 0.327 e. The molecular formula is C26H25ClN4O4. The largest absolute Gasteiger partial charge is 0.858 e. The van der Waals surface area contributed by atoms with E-state index in [9.17, 15) is 14.7 Å². The van der Waals surface area contributed by atoms with Crippen molar-refractivity contribution in [2.24, 2.45) is 0 Å². The van der Waals surface area contributed by atoms with Gasteiger partial charge < -0.3 is 9.84 Å². The number of halogens is 1. The maximum absolute atomic E-state index is 13.8. The number of carbonyl (C=O) groups excluding carboxylic acids is 2. The highest BCUT2D eigenvalue weighted by Gasteiger charge is 2.47. The van der Waals surface area contributed by atoms with E-state index in [1.807, 2.05) is 13.0 Å². The van der Waals surface area contributed by atoms with Crippen LogP contribution in [0.25, 0.3) is 17.0 Å². The molecule has 2 aromatic heterocycles. The third-order valence-electron chi connectivity index (χ3n) is 6.23. The standard InChI is InChI=1S/C26H25ClN4O4/c1-2-8-20-21(25(33)31(28-20)18-10-6-9-17(27)15-18)22-23(29-12-4-3-5-13-29)26(34)30(24(22)32)16-19-11-7-14-35-19/h3-6,9-10,12-13,15,19H,2,7-8,11,14,16H2,1H3. The van der Waals surface area contributed by atoms with Gasteiger partial charge in [0.05, 0.1) is 24.0 Å². The SMILES string of the molecule is CCCc1nn(-c2cccc(Cl)c2)c([O-])c1C1=C([n+]2ccccc2)C(=O)N(CC2CCCO2)C1=O. The second kappa shape index (κ2) is 9.64. The fourth-order valence-corrected chi connectivity index (χ4v) is 4.81. The normalized spacial score (nSPS) is 18.2. The van der Waals surface area contributed by atoms with Gasteiger partial charge in [-0.2, -0.15) is 9.67 Å². The average molecular weight is 493 g/mol. The quantitative estimate of drug-likeness (QED) is 0.373. The van der Waals surface area contributed by atoms with Crippen LogP contribution in [0.4, 0.5) is 0 Å². The summed E-state index contributed by atoms with van der Waals surface area (Å²) in [5.74, 6) is -1.41.